The van der Waals surface area contributed by atoms with E-state index < -0.39 is 0 Å². The lowest BCUT2D eigenvalue weighted by Gasteiger charge is -2.22. The van der Waals surface area contributed by atoms with E-state index in [1.165, 1.54) is 0 Å². The lowest BCUT2D eigenvalue weighted by Crippen LogP contribution is -2.19. The van der Waals surface area contributed by atoms with Gasteiger partial charge in [0.1, 0.15) is 5.58 Å². The Balaban J connectivity index is 1.70. The summed E-state index contributed by atoms with van der Waals surface area (Å²) in [4.78, 5) is 14.8. The van der Waals surface area contributed by atoms with Gasteiger partial charge in [-0.3, -0.25) is 0 Å². The van der Waals surface area contributed by atoms with Gasteiger partial charge in [0, 0.05) is 47.3 Å². The van der Waals surface area contributed by atoms with Crippen LogP contribution in [0.25, 0.3) is 44.3 Å². The molecule has 7 heteroatoms. The molecule has 0 saturated heterocycles. The summed E-state index contributed by atoms with van der Waals surface area (Å²) < 4.78 is 28.9. The van der Waals surface area contributed by atoms with Crippen LogP contribution in [0.3, 0.4) is 0 Å². The van der Waals surface area contributed by atoms with Crippen molar-refractivity contribution in [1.29, 1.82) is 0 Å². The molecule has 1 aliphatic heterocycles. The van der Waals surface area contributed by atoms with E-state index >= 15 is 0 Å². The summed E-state index contributed by atoms with van der Waals surface area (Å²) in [6, 6.07) is 15.7. The number of hydrogen-bond donors (Lipinski definition) is 0. The summed E-state index contributed by atoms with van der Waals surface area (Å²) in [5.74, 6) is 2.59. The zero-order chi connectivity index (χ0) is 28.1. The summed E-state index contributed by atoms with van der Waals surface area (Å²) in [7, 11) is 8.64. The van der Waals surface area contributed by atoms with Crippen molar-refractivity contribution in [3.8, 4) is 23.0 Å². The molecule has 0 atom stereocenters. The minimum Gasteiger partial charge on any atom is -0.493 e. The lowest BCUT2D eigenvalue weighted by atomic mass is 9.91. The van der Waals surface area contributed by atoms with Crippen LogP contribution in [0.15, 0.2) is 57.7 Å². The normalized spacial score (nSPS) is 13.2. The van der Waals surface area contributed by atoms with E-state index in [4.69, 9.17) is 23.4 Å². The average molecular weight is 538 g/mol. The Kier molecular flexibility index (Phi) is 6.29. The van der Waals surface area contributed by atoms with Gasteiger partial charge < -0.3 is 28.3 Å². The topological polar surface area (TPSA) is 70.4 Å². The first-order valence-electron chi connectivity index (χ1n) is 13.1. The maximum absolute atomic E-state index is 12.6. The molecule has 4 aromatic carbocycles. The van der Waals surface area contributed by atoms with Crippen molar-refractivity contribution in [1.82, 2.24) is 4.90 Å². The highest BCUT2D eigenvalue weighted by atomic mass is 16.5. The quantitative estimate of drug-likeness (QED) is 0.189. The molecule has 2 heterocycles. The highest BCUT2D eigenvalue weighted by Gasteiger charge is 2.26. The number of ether oxygens (including phenoxy) is 4. The Hall–Kier alpha value is -4.65. The van der Waals surface area contributed by atoms with Crippen molar-refractivity contribution in [2.45, 2.75) is 13.3 Å². The van der Waals surface area contributed by atoms with Crippen molar-refractivity contribution >= 4 is 44.3 Å². The fourth-order valence-corrected chi connectivity index (χ4v) is 5.90. The SMILES string of the molecule is COc1cc2ccc3c4c(c(OC)c(OC)c3c2cc1OC)C=C(c1cc(=O)oc2cc(C)ccc12)N(C)CC4. The zero-order valence-electron chi connectivity index (χ0n) is 23.5. The largest absolute Gasteiger partial charge is 0.493 e. The van der Waals surface area contributed by atoms with Crippen molar-refractivity contribution in [2.24, 2.45) is 0 Å². The molecule has 0 unspecified atom stereocenters. The van der Waals surface area contributed by atoms with E-state index in [1.54, 1.807) is 34.5 Å². The highest BCUT2D eigenvalue weighted by molar-refractivity contribution is 6.15. The van der Waals surface area contributed by atoms with E-state index in [-0.39, 0.29) is 5.63 Å². The smallest absolute Gasteiger partial charge is 0.336 e. The maximum atomic E-state index is 12.6. The van der Waals surface area contributed by atoms with E-state index in [0.29, 0.717) is 28.6 Å². The molecule has 1 aliphatic rings. The molecule has 5 aromatic rings. The Morgan fingerprint density at radius 2 is 1.52 bits per heavy atom. The van der Waals surface area contributed by atoms with Crippen molar-refractivity contribution in [3.05, 3.63) is 81.2 Å². The monoisotopic (exact) mass is 537 g/mol. The van der Waals surface area contributed by atoms with Gasteiger partial charge in [-0.15, -0.1) is 0 Å². The maximum Gasteiger partial charge on any atom is 0.336 e. The average Bonchev–Trinajstić information content (AvgIpc) is 3.13. The van der Waals surface area contributed by atoms with Crippen LogP contribution in [0.4, 0.5) is 0 Å². The van der Waals surface area contributed by atoms with E-state index in [2.05, 4.69) is 23.1 Å². The van der Waals surface area contributed by atoms with Crippen molar-refractivity contribution < 1.29 is 23.4 Å². The minimum atomic E-state index is -0.384. The lowest BCUT2D eigenvalue weighted by molar-refractivity contribution is 0.355. The summed E-state index contributed by atoms with van der Waals surface area (Å²) in [5.41, 5.74) is 5.02. The van der Waals surface area contributed by atoms with Gasteiger partial charge >= 0.3 is 5.63 Å². The summed E-state index contributed by atoms with van der Waals surface area (Å²) in [6.45, 7) is 2.72. The summed E-state index contributed by atoms with van der Waals surface area (Å²) in [6.07, 6.45) is 2.87. The third-order valence-corrected chi connectivity index (χ3v) is 7.83. The third-order valence-electron chi connectivity index (χ3n) is 7.83. The molecular formula is C33H31NO6. The van der Waals surface area contributed by atoms with Gasteiger partial charge in [-0.05, 0) is 64.9 Å². The molecule has 0 spiro atoms. The van der Waals surface area contributed by atoms with Crippen molar-refractivity contribution in [2.75, 3.05) is 42.0 Å². The number of hydrogen-bond acceptors (Lipinski definition) is 7. The molecule has 0 amide bonds. The Labute approximate surface area is 232 Å². The van der Waals surface area contributed by atoms with Gasteiger partial charge in [-0.2, -0.15) is 0 Å². The van der Waals surface area contributed by atoms with Crippen LogP contribution >= 0.6 is 0 Å². The second-order valence-corrected chi connectivity index (χ2v) is 10.1. The van der Waals surface area contributed by atoms with Gasteiger partial charge in [-0.25, -0.2) is 4.79 Å². The van der Waals surface area contributed by atoms with Crippen LogP contribution in [0, 0.1) is 6.92 Å². The molecule has 6 rings (SSSR count). The van der Waals surface area contributed by atoms with Crippen LogP contribution < -0.4 is 24.6 Å². The van der Waals surface area contributed by atoms with Crippen molar-refractivity contribution in [3.63, 3.8) is 0 Å². The summed E-state index contributed by atoms with van der Waals surface area (Å²) in [5, 5.41) is 4.90. The molecule has 1 aromatic heterocycles. The number of methoxy groups -OCH3 is 4. The molecule has 40 heavy (non-hydrogen) atoms. The standard InChI is InChI=1S/C33H31NO6/c1-18-7-9-21-24(17-30(35)40-27(21)13-18)26-15-25-20(11-12-34(26)2)22-10-8-19-14-28(36-3)29(37-4)16-23(19)31(22)33(39-6)32(25)38-5/h7-10,13-17H,11-12H2,1-6H3. The molecule has 0 fully saturated rings. The predicted molar refractivity (Wildman–Crippen MR) is 159 cm³/mol. The molecular weight excluding hydrogens is 506 g/mol. The van der Waals surface area contributed by atoms with Crippen LogP contribution in [0.5, 0.6) is 23.0 Å². The van der Waals surface area contributed by atoms with Gasteiger partial charge in [0.15, 0.2) is 23.0 Å². The highest BCUT2D eigenvalue weighted by Crippen LogP contribution is 2.48. The Morgan fingerprint density at radius 1 is 0.800 bits per heavy atom. The van der Waals surface area contributed by atoms with Crippen LogP contribution in [0.1, 0.15) is 22.3 Å². The van der Waals surface area contributed by atoms with Gasteiger partial charge in [0.2, 0.25) is 0 Å². The first kappa shape index (κ1) is 25.6. The number of rotatable bonds is 5. The fourth-order valence-electron chi connectivity index (χ4n) is 5.90. The third kappa shape index (κ3) is 3.92. The molecule has 0 radical (unpaired) electrons. The predicted octanol–water partition coefficient (Wildman–Crippen LogP) is 6.43. The fraction of sp³-hybridized carbons (Fsp3) is 0.242. The zero-order valence-corrected chi connectivity index (χ0v) is 23.5. The van der Waals surface area contributed by atoms with Gasteiger partial charge in [-0.1, -0.05) is 24.3 Å². The number of nitrogens with zero attached hydrogens (tertiary/aromatic N) is 1. The Morgan fingerprint density at radius 3 is 2.25 bits per heavy atom. The van der Waals surface area contributed by atoms with Crippen LogP contribution in [-0.2, 0) is 6.42 Å². The van der Waals surface area contributed by atoms with Gasteiger partial charge in [0.25, 0.3) is 0 Å². The Bertz CT molecular complexity index is 1900. The number of benzene rings is 4. The van der Waals surface area contributed by atoms with E-state index in [9.17, 15) is 4.79 Å². The second-order valence-electron chi connectivity index (χ2n) is 10.1. The van der Waals surface area contributed by atoms with Crippen LogP contribution in [0.2, 0.25) is 0 Å². The molecule has 0 bridgehead atoms. The number of likely N-dealkylation sites (N-methyl/N-ethyl adjacent to an activating group) is 1. The first-order chi connectivity index (χ1) is 19.4. The minimum absolute atomic E-state index is 0.384. The van der Waals surface area contributed by atoms with Gasteiger partial charge in [0.05, 0.1) is 28.4 Å². The van der Waals surface area contributed by atoms with E-state index in [0.717, 1.165) is 67.8 Å². The number of fused-ring (bicyclic) bond motifs is 6. The summed E-state index contributed by atoms with van der Waals surface area (Å²) >= 11 is 0. The van der Waals surface area contributed by atoms with E-state index in [1.807, 2.05) is 44.3 Å². The molecule has 0 aliphatic carbocycles. The molecule has 7 nitrogen and oxygen atoms in total. The molecule has 204 valence electrons. The second kappa shape index (κ2) is 9.83. The molecule has 0 N–H and O–H groups in total. The molecule has 0 saturated carbocycles. The van der Waals surface area contributed by atoms with Crippen LogP contribution in [-0.4, -0.2) is 46.9 Å². The number of aryl methyl sites for hydroxylation is 1. The first-order valence-corrected chi connectivity index (χ1v) is 13.1.